The van der Waals surface area contributed by atoms with Gasteiger partial charge in [0.05, 0.1) is 35.0 Å². The highest BCUT2D eigenvalue weighted by Crippen LogP contribution is 2.22. The van der Waals surface area contributed by atoms with E-state index in [9.17, 15) is 9.59 Å². The number of amides is 2. The zero-order valence-electron chi connectivity index (χ0n) is 20.0. The molecule has 1 aliphatic rings. The van der Waals surface area contributed by atoms with E-state index in [-0.39, 0.29) is 17.9 Å². The summed E-state index contributed by atoms with van der Waals surface area (Å²) in [7, 11) is 0. The average Bonchev–Trinajstić information content (AvgIpc) is 3.21. The molecule has 8 nitrogen and oxygen atoms in total. The number of rotatable bonds is 3. The van der Waals surface area contributed by atoms with E-state index in [1.54, 1.807) is 54.0 Å². The Morgan fingerprint density at radius 2 is 1.91 bits per heavy atom. The molecule has 3 rings (SSSR count). The maximum Gasteiger partial charge on any atom is 0.410 e. The highest BCUT2D eigenvalue weighted by molar-refractivity contribution is 5.97. The third kappa shape index (κ3) is 5.57. The molecule has 0 radical (unpaired) electrons. The summed E-state index contributed by atoms with van der Waals surface area (Å²) in [4.78, 5) is 26.6. The van der Waals surface area contributed by atoms with Crippen molar-refractivity contribution < 1.29 is 14.3 Å². The molecule has 2 aromatic rings. The lowest BCUT2D eigenvalue weighted by molar-refractivity contribution is -0.123. The predicted octanol–water partition coefficient (Wildman–Crippen LogP) is 3.33. The monoisotopic (exact) mass is 457 g/mol. The minimum absolute atomic E-state index is 0.0609. The van der Waals surface area contributed by atoms with E-state index in [2.05, 4.69) is 28.2 Å². The van der Waals surface area contributed by atoms with Crippen molar-refractivity contribution in [2.45, 2.75) is 45.8 Å². The molecule has 1 N–H and O–H groups in total. The third-order valence-electron chi connectivity index (χ3n) is 5.22. The van der Waals surface area contributed by atoms with E-state index in [0.717, 1.165) is 0 Å². The molecule has 2 heterocycles. The molecule has 8 heteroatoms. The number of carbonyl (C=O) groups is 2. The number of benzene rings is 1. The molecule has 1 aromatic carbocycles. The number of hydrogen-bond acceptors (Lipinski definition) is 5. The van der Waals surface area contributed by atoms with Gasteiger partial charge in [0.1, 0.15) is 11.1 Å². The van der Waals surface area contributed by atoms with Gasteiger partial charge in [0, 0.05) is 24.8 Å². The molecule has 1 aliphatic heterocycles. The van der Waals surface area contributed by atoms with Crippen LogP contribution in [0, 0.1) is 41.4 Å². The molecular weight excluding hydrogens is 430 g/mol. The fraction of sp³-hybridized carbons (Fsp3) is 0.385. The zero-order valence-corrected chi connectivity index (χ0v) is 20.0. The number of nitriles is 1. The van der Waals surface area contributed by atoms with Crippen LogP contribution in [-0.4, -0.2) is 45.4 Å². The van der Waals surface area contributed by atoms with Crippen LogP contribution >= 0.6 is 0 Å². The Bertz CT molecular complexity index is 1250. The van der Waals surface area contributed by atoms with Crippen LogP contribution in [0.5, 0.6) is 0 Å². The van der Waals surface area contributed by atoms with Gasteiger partial charge in [-0.2, -0.15) is 10.4 Å². The molecule has 0 saturated carbocycles. The smallest absolute Gasteiger partial charge is 0.410 e. The fourth-order valence-electron chi connectivity index (χ4n) is 3.15. The lowest BCUT2D eigenvalue weighted by atomic mass is 10.0. The first-order valence-electron chi connectivity index (χ1n) is 10.8. The number of hydrogen-bond donors (Lipinski definition) is 1. The summed E-state index contributed by atoms with van der Waals surface area (Å²) in [5.74, 6) is 8.44. The van der Waals surface area contributed by atoms with Crippen molar-refractivity contribution in [3.05, 3.63) is 47.3 Å². The van der Waals surface area contributed by atoms with Crippen molar-refractivity contribution in [3.8, 4) is 30.3 Å². The van der Waals surface area contributed by atoms with E-state index in [4.69, 9.17) is 16.4 Å². The highest BCUT2D eigenvalue weighted by atomic mass is 16.6. The normalized spacial score (nSPS) is 13.6. The maximum atomic E-state index is 13.0. The quantitative estimate of drug-likeness (QED) is 0.713. The van der Waals surface area contributed by atoms with E-state index in [1.807, 2.05) is 26.8 Å². The third-order valence-corrected chi connectivity index (χ3v) is 5.22. The number of nitrogens with zero attached hydrogens (tertiary/aromatic N) is 4. The molecule has 1 fully saturated rings. The molecule has 0 spiro atoms. The molecule has 0 aliphatic carbocycles. The summed E-state index contributed by atoms with van der Waals surface area (Å²) in [6.45, 7) is 10.0. The Morgan fingerprint density at radius 1 is 1.21 bits per heavy atom. The molecule has 34 heavy (non-hydrogen) atoms. The van der Waals surface area contributed by atoms with Gasteiger partial charge < -0.3 is 15.0 Å². The summed E-state index contributed by atoms with van der Waals surface area (Å²) < 4.78 is 6.89. The second kappa shape index (κ2) is 9.33. The molecule has 0 bridgehead atoms. The summed E-state index contributed by atoms with van der Waals surface area (Å²) >= 11 is 0. The Hall–Kier alpha value is -4.22. The second-order valence-electron chi connectivity index (χ2n) is 9.55. The van der Waals surface area contributed by atoms with Crippen molar-refractivity contribution in [3.63, 3.8) is 0 Å². The highest BCUT2D eigenvalue weighted by Gasteiger charge is 2.33. The lowest BCUT2D eigenvalue weighted by Gasteiger charge is -2.37. The van der Waals surface area contributed by atoms with E-state index in [1.165, 1.54) is 0 Å². The molecule has 174 valence electrons. The lowest BCUT2D eigenvalue weighted by Crippen LogP contribution is -2.51. The SMILES string of the molecule is C#Cc1cc(C#N)ccc1NC(=O)C(C)(C)n1cc(C#CC2CN(C(=O)OC(C)(C)C)C2)cn1. The van der Waals surface area contributed by atoms with Crippen LogP contribution in [0.2, 0.25) is 0 Å². The number of ether oxygens (including phenoxy) is 1. The molecular formula is C26H27N5O3. The van der Waals surface area contributed by atoms with Gasteiger partial charge in [-0.1, -0.05) is 17.8 Å². The van der Waals surface area contributed by atoms with Gasteiger partial charge in [-0.25, -0.2) is 4.79 Å². The Labute approximate surface area is 199 Å². The van der Waals surface area contributed by atoms with Crippen LogP contribution in [0.4, 0.5) is 10.5 Å². The number of aromatic nitrogens is 2. The molecule has 2 amide bonds. The molecule has 1 saturated heterocycles. The van der Waals surface area contributed by atoms with Crippen LogP contribution in [0.3, 0.4) is 0 Å². The number of carbonyl (C=O) groups excluding carboxylic acids is 2. The number of likely N-dealkylation sites (tertiary alicyclic amines) is 1. The predicted molar refractivity (Wildman–Crippen MR) is 127 cm³/mol. The Balaban J connectivity index is 1.63. The summed E-state index contributed by atoms with van der Waals surface area (Å²) in [5.41, 5.74) is 0.413. The first-order chi connectivity index (χ1) is 15.9. The molecule has 0 atom stereocenters. The van der Waals surface area contributed by atoms with Crippen LogP contribution < -0.4 is 5.32 Å². The van der Waals surface area contributed by atoms with Crippen molar-refractivity contribution >= 4 is 17.7 Å². The summed E-state index contributed by atoms with van der Waals surface area (Å²) in [6.07, 6.45) is 8.50. The van der Waals surface area contributed by atoms with Gasteiger partial charge in [-0.15, -0.1) is 6.42 Å². The van der Waals surface area contributed by atoms with Gasteiger partial charge in [-0.05, 0) is 52.8 Å². The van der Waals surface area contributed by atoms with Gasteiger partial charge >= 0.3 is 6.09 Å². The minimum Gasteiger partial charge on any atom is -0.444 e. The molecule has 0 unspecified atom stereocenters. The van der Waals surface area contributed by atoms with Gasteiger partial charge in [-0.3, -0.25) is 9.48 Å². The number of nitrogens with one attached hydrogen (secondary N) is 1. The first-order valence-corrected chi connectivity index (χ1v) is 10.8. The Kier molecular flexibility index (Phi) is 6.70. The first kappa shape index (κ1) is 24.4. The van der Waals surface area contributed by atoms with Crippen molar-refractivity contribution in [2.24, 2.45) is 5.92 Å². The number of anilines is 1. The van der Waals surface area contributed by atoms with Gasteiger partial charge in [0.15, 0.2) is 0 Å². The van der Waals surface area contributed by atoms with E-state index >= 15 is 0 Å². The second-order valence-corrected chi connectivity index (χ2v) is 9.55. The zero-order chi connectivity index (χ0) is 25.1. The topological polar surface area (TPSA) is 100 Å². The van der Waals surface area contributed by atoms with Crippen molar-refractivity contribution in [1.82, 2.24) is 14.7 Å². The maximum absolute atomic E-state index is 13.0. The van der Waals surface area contributed by atoms with Gasteiger partial charge in [0.25, 0.3) is 5.91 Å². The van der Waals surface area contributed by atoms with Crippen LogP contribution in [0.15, 0.2) is 30.6 Å². The Morgan fingerprint density at radius 3 is 2.53 bits per heavy atom. The number of terminal acetylenes is 1. The van der Waals surface area contributed by atoms with Crippen LogP contribution in [0.25, 0.3) is 0 Å². The minimum atomic E-state index is -1.02. The van der Waals surface area contributed by atoms with Crippen LogP contribution in [-0.2, 0) is 15.1 Å². The average molecular weight is 458 g/mol. The van der Waals surface area contributed by atoms with E-state index < -0.39 is 11.1 Å². The van der Waals surface area contributed by atoms with Gasteiger partial charge in [0.2, 0.25) is 0 Å². The van der Waals surface area contributed by atoms with Crippen molar-refractivity contribution in [1.29, 1.82) is 5.26 Å². The summed E-state index contributed by atoms with van der Waals surface area (Å²) in [5, 5.41) is 16.2. The van der Waals surface area contributed by atoms with Crippen molar-refractivity contribution in [2.75, 3.05) is 18.4 Å². The largest absolute Gasteiger partial charge is 0.444 e. The van der Waals surface area contributed by atoms with E-state index in [0.29, 0.717) is 35.5 Å². The summed E-state index contributed by atoms with van der Waals surface area (Å²) in [6, 6.07) is 6.78. The standard InChI is InChI=1S/C26H27N5O3/c1-7-21-12-18(13-27)10-11-22(21)29-23(32)26(5,6)31-17-19(14-28-31)8-9-20-15-30(16-20)24(33)34-25(2,3)4/h1,10-12,14,17,20H,15-16H2,2-6H3,(H,29,32). The fourth-order valence-corrected chi connectivity index (χ4v) is 3.15. The van der Waals surface area contributed by atoms with Crippen LogP contribution in [0.1, 0.15) is 51.3 Å². The molecule has 1 aromatic heterocycles.